The molecule has 0 heterocycles. The molecular weight excluding hydrogens is 240 g/mol. The first kappa shape index (κ1) is 15.3. The molecule has 1 rings (SSSR count). The average molecular weight is 264 g/mol. The maximum atomic E-state index is 5.75. The van der Waals surface area contributed by atoms with E-state index in [9.17, 15) is 0 Å². The van der Waals surface area contributed by atoms with Crippen molar-refractivity contribution in [3.8, 4) is 0 Å². The molecule has 0 spiro atoms. The largest absolute Gasteiger partial charge is 0.383 e. The van der Waals surface area contributed by atoms with E-state index in [4.69, 9.17) is 10.5 Å². The van der Waals surface area contributed by atoms with Crippen LogP contribution in [-0.4, -0.2) is 32.3 Å². The van der Waals surface area contributed by atoms with Crippen LogP contribution in [0.25, 0.3) is 0 Å². The summed E-state index contributed by atoms with van der Waals surface area (Å²) in [5.41, 5.74) is 7.96. The highest BCUT2D eigenvalue weighted by Crippen LogP contribution is 2.09. The molecule has 0 aliphatic rings. The second kappa shape index (κ2) is 8.37. The summed E-state index contributed by atoms with van der Waals surface area (Å²) in [5.74, 6) is 0.484. The van der Waals surface area contributed by atoms with Crippen LogP contribution >= 0.6 is 0 Å². The maximum absolute atomic E-state index is 5.75. The van der Waals surface area contributed by atoms with Gasteiger partial charge in [-0.2, -0.15) is 0 Å². The van der Waals surface area contributed by atoms with Crippen molar-refractivity contribution in [3.63, 3.8) is 0 Å². The fraction of sp³-hybridized carbons (Fsp3) is 0.500. The Morgan fingerprint density at radius 1 is 1.32 bits per heavy atom. The summed E-state index contributed by atoms with van der Waals surface area (Å²) in [6, 6.07) is 8.46. The Morgan fingerprint density at radius 3 is 2.58 bits per heavy atom. The molecule has 0 atom stereocenters. The molecule has 1 aromatic carbocycles. The van der Waals surface area contributed by atoms with Gasteiger partial charge in [0, 0.05) is 25.4 Å². The molecule has 19 heavy (non-hydrogen) atoms. The Bertz CT molecular complexity index is 387. The summed E-state index contributed by atoms with van der Waals surface area (Å²) in [4.78, 5) is 4.28. The molecule has 0 amide bonds. The first-order valence-corrected chi connectivity index (χ1v) is 6.50. The number of hydrogen-bond acceptors (Lipinski definition) is 3. The van der Waals surface area contributed by atoms with Gasteiger partial charge >= 0.3 is 0 Å². The highest BCUT2D eigenvalue weighted by molar-refractivity contribution is 5.78. The highest BCUT2D eigenvalue weighted by atomic mass is 16.5. The lowest BCUT2D eigenvalue weighted by Crippen LogP contribution is -2.36. The molecule has 0 aromatic heterocycles. The molecule has 0 aliphatic heterocycles. The summed E-state index contributed by atoms with van der Waals surface area (Å²) in [7, 11) is 1.69. The van der Waals surface area contributed by atoms with Crippen LogP contribution in [0.4, 0.5) is 5.69 Å². The number of benzene rings is 1. The van der Waals surface area contributed by atoms with Gasteiger partial charge in [0.15, 0.2) is 5.96 Å². The number of nitrogens with two attached hydrogens (primary N) is 1. The van der Waals surface area contributed by atoms with Crippen LogP contribution in [0.1, 0.15) is 19.4 Å². The minimum atomic E-state index is 0.302. The summed E-state index contributed by atoms with van der Waals surface area (Å²) in [5, 5.41) is 6.33. The zero-order chi connectivity index (χ0) is 14.1. The van der Waals surface area contributed by atoms with E-state index in [0.717, 1.165) is 17.8 Å². The third-order valence-corrected chi connectivity index (χ3v) is 2.46. The zero-order valence-electron chi connectivity index (χ0n) is 11.9. The van der Waals surface area contributed by atoms with Crippen LogP contribution in [-0.2, 0) is 11.3 Å². The predicted molar refractivity (Wildman–Crippen MR) is 80.4 cm³/mol. The predicted octanol–water partition coefficient (Wildman–Crippen LogP) is 1.56. The lowest BCUT2D eigenvalue weighted by molar-refractivity contribution is 0.211. The molecule has 0 aliphatic carbocycles. The van der Waals surface area contributed by atoms with Gasteiger partial charge < -0.3 is 21.1 Å². The molecule has 0 unspecified atom stereocenters. The van der Waals surface area contributed by atoms with Crippen LogP contribution in [0, 0.1) is 0 Å². The number of ether oxygens (including phenoxy) is 1. The van der Waals surface area contributed by atoms with Gasteiger partial charge in [-0.15, -0.1) is 0 Å². The van der Waals surface area contributed by atoms with Gasteiger partial charge in [0.05, 0.1) is 13.2 Å². The molecule has 0 fully saturated rings. The average Bonchev–Trinajstić information content (AvgIpc) is 2.37. The molecule has 1 aromatic rings. The Morgan fingerprint density at radius 2 is 2.00 bits per heavy atom. The van der Waals surface area contributed by atoms with Gasteiger partial charge in [-0.05, 0) is 31.5 Å². The highest BCUT2D eigenvalue weighted by Gasteiger charge is 1.96. The lowest BCUT2D eigenvalue weighted by atomic mass is 10.2. The smallest absolute Gasteiger partial charge is 0.189 e. The van der Waals surface area contributed by atoms with Crippen molar-refractivity contribution in [2.45, 2.75) is 26.4 Å². The van der Waals surface area contributed by atoms with E-state index in [2.05, 4.69) is 15.6 Å². The molecular formula is C14H24N4O. The van der Waals surface area contributed by atoms with Gasteiger partial charge in [0.2, 0.25) is 0 Å². The summed E-state index contributed by atoms with van der Waals surface area (Å²) >= 11 is 0. The van der Waals surface area contributed by atoms with E-state index in [-0.39, 0.29) is 0 Å². The Hall–Kier alpha value is -1.75. The van der Waals surface area contributed by atoms with E-state index >= 15 is 0 Å². The molecule has 0 saturated heterocycles. The lowest BCUT2D eigenvalue weighted by Gasteiger charge is -2.09. The van der Waals surface area contributed by atoms with E-state index in [1.807, 2.05) is 38.1 Å². The number of rotatable bonds is 7. The normalized spacial score (nSPS) is 11.7. The summed E-state index contributed by atoms with van der Waals surface area (Å²) in [6.07, 6.45) is 0. The van der Waals surface area contributed by atoms with Crippen molar-refractivity contribution in [1.82, 2.24) is 5.32 Å². The fourth-order valence-electron chi connectivity index (χ4n) is 1.54. The zero-order valence-corrected chi connectivity index (χ0v) is 11.9. The molecule has 5 nitrogen and oxygen atoms in total. The van der Waals surface area contributed by atoms with Crippen LogP contribution in [0.5, 0.6) is 0 Å². The minimum absolute atomic E-state index is 0.302. The monoisotopic (exact) mass is 264 g/mol. The van der Waals surface area contributed by atoms with E-state index in [0.29, 0.717) is 25.2 Å². The number of methoxy groups -OCH3 is 1. The third kappa shape index (κ3) is 6.67. The molecule has 0 radical (unpaired) electrons. The van der Waals surface area contributed by atoms with Crippen LogP contribution in [0.2, 0.25) is 0 Å². The number of hydrogen-bond donors (Lipinski definition) is 3. The molecule has 0 bridgehead atoms. The van der Waals surface area contributed by atoms with Gasteiger partial charge in [0.1, 0.15) is 0 Å². The number of nitrogens with zero attached hydrogens (tertiary/aromatic N) is 1. The first-order valence-electron chi connectivity index (χ1n) is 6.50. The number of aliphatic imine (C=N–C) groups is 1. The molecule has 0 saturated carbocycles. The first-order chi connectivity index (χ1) is 9.11. The van der Waals surface area contributed by atoms with Crippen molar-refractivity contribution in [1.29, 1.82) is 0 Å². The molecule has 4 N–H and O–H groups in total. The summed E-state index contributed by atoms with van der Waals surface area (Å²) < 4.78 is 4.98. The number of guanidine groups is 1. The quantitative estimate of drug-likeness (QED) is 0.397. The third-order valence-electron chi connectivity index (χ3n) is 2.46. The van der Waals surface area contributed by atoms with E-state index in [1.54, 1.807) is 7.11 Å². The Labute approximate surface area is 115 Å². The standard InChI is InChI=1S/C14H24N4O/c1-11(2)18-14(15)17-10-12-4-6-13(7-5-12)16-8-9-19-3/h4-7,11,16H,8-10H2,1-3H3,(H3,15,17,18). The Kier molecular flexibility index (Phi) is 6.74. The van der Waals surface area contributed by atoms with Crippen molar-refractivity contribution < 1.29 is 4.74 Å². The maximum Gasteiger partial charge on any atom is 0.189 e. The van der Waals surface area contributed by atoms with Crippen molar-refractivity contribution >= 4 is 11.6 Å². The molecule has 106 valence electrons. The minimum Gasteiger partial charge on any atom is -0.383 e. The second-order valence-corrected chi connectivity index (χ2v) is 4.62. The van der Waals surface area contributed by atoms with Gasteiger partial charge in [0.25, 0.3) is 0 Å². The Balaban J connectivity index is 2.43. The van der Waals surface area contributed by atoms with Gasteiger partial charge in [-0.1, -0.05) is 12.1 Å². The van der Waals surface area contributed by atoms with Crippen molar-refractivity contribution in [2.75, 3.05) is 25.6 Å². The van der Waals surface area contributed by atoms with Gasteiger partial charge in [-0.3, -0.25) is 0 Å². The number of nitrogens with one attached hydrogen (secondary N) is 2. The van der Waals surface area contributed by atoms with Crippen molar-refractivity contribution in [3.05, 3.63) is 29.8 Å². The van der Waals surface area contributed by atoms with Crippen LogP contribution < -0.4 is 16.4 Å². The van der Waals surface area contributed by atoms with Crippen LogP contribution in [0.15, 0.2) is 29.3 Å². The van der Waals surface area contributed by atoms with Crippen LogP contribution in [0.3, 0.4) is 0 Å². The topological polar surface area (TPSA) is 71.7 Å². The fourth-order valence-corrected chi connectivity index (χ4v) is 1.54. The number of anilines is 1. The van der Waals surface area contributed by atoms with E-state index in [1.165, 1.54) is 0 Å². The van der Waals surface area contributed by atoms with Gasteiger partial charge in [-0.25, -0.2) is 4.99 Å². The summed E-state index contributed by atoms with van der Waals surface area (Å²) in [6.45, 7) is 6.15. The second-order valence-electron chi connectivity index (χ2n) is 4.62. The molecule has 5 heteroatoms. The van der Waals surface area contributed by atoms with Crippen molar-refractivity contribution in [2.24, 2.45) is 10.7 Å². The SMILES string of the molecule is COCCNc1ccc(CN=C(N)NC(C)C)cc1. The van der Waals surface area contributed by atoms with E-state index < -0.39 is 0 Å².